The quantitative estimate of drug-likeness (QED) is 0.498. The fourth-order valence-electron chi connectivity index (χ4n) is 0.243. The van der Waals surface area contributed by atoms with Gasteiger partial charge in [-0.3, -0.25) is 0 Å². The van der Waals surface area contributed by atoms with E-state index < -0.39 is 22.7 Å². The predicted octanol–water partition coefficient (Wildman–Crippen LogP) is 3.69. The molecule has 0 aromatic rings. The van der Waals surface area contributed by atoms with Crippen molar-refractivity contribution in [2.45, 2.75) is 10.8 Å². The van der Waals surface area contributed by atoms with Crippen molar-refractivity contribution >= 4 is 15.9 Å². The van der Waals surface area contributed by atoms with Crippen LogP contribution in [0.5, 0.6) is 0 Å². The summed E-state index contributed by atoms with van der Waals surface area (Å²) < 4.78 is 75.7. The molecule has 0 saturated heterocycles. The molecule has 0 rings (SSSR count). The van der Waals surface area contributed by atoms with Gasteiger partial charge in [-0.2, -0.15) is 22.0 Å². The van der Waals surface area contributed by atoms with Gasteiger partial charge in [0.2, 0.25) is 5.83 Å². The summed E-state index contributed by atoms with van der Waals surface area (Å²) in [5.74, 6) is -3.19. The molecule has 72 valence electrons. The van der Waals surface area contributed by atoms with E-state index in [4.69, 9.17) is 0 Å². The van der Waals surface area contributed by atoms with Crippen molar-refractivity contribution in [2.24, 2.45) is 0 Å². The fourth-order valence-corrected chi connectivity index (χ4v) is 0.393. The van der Waals surface area contributed by atoms with Gasteiger partial charge in [0.05, 0.1) is 0 Å². The monoisotopic (exact) mass is 260 g/mol. The minimum absolute atomic E-state index is 1.16. The predicted molar refractivity (Wildman–Crippen MR) is 29.2 cm³/mol. The second-order valence-corrected chi connectivity index (χ2v) is 2.74. The van der Waals surface area contributed by atoms with Crippen LogP contribution in [0, 0.1) is 0 Å². The molecule has 0 heterocycles. The van der Waals surface area contributed by atoms with Crippen LogP contribution in [0.2, 0.25) is 0 Å². The van der Waals surface area contributed by atoms with E-state index in [1.807, 2.05) is 0 Å². The Hall–Kier alpha value is -0.270. The Morgan fingerprint density at radius 2 is 1.25 bits per heavy atom. The molecule has 12 heavy (non-hydrogen) atoms. The van der Waals surface area contributed by atoms with E-state index in [0.717, 1.165) is 15.9 Å². The molecule has 0 aliphatic rings. The lowest BCUT2D eigenvalue weighted by atomic mass is 10.3. The molecular weight excluding hydrogens is 261 g/mol. The molecular formula is C4BrF7. The van der Waals surface area contributed by atoms with Crippen molar-refractivity contribution in [1.82, 2.24) is 0 Å². The van der Waals surface area contributed by atoms with Crippen LogP contribution in [-0.2, 0) is 0 Å². The second kappa shape index (κ2) is 3.23. The first kappa shape index (κ1) is 11.7. The maximum Gasteiger partial charge on any atom is 0.439 e. The lowest BCUT2D eigenvalue weighted by Gasteiger charge is -2.18. The van der Waals surface area contributed by atoms with Gasteiger partial charge in [0, 0.05) is 0 Å². The molecule has 0 aliphatic heterocycles. The third kappa shape index (κ3) is 2.11. The molecule has 0 bridgehead atoms. The Bertz CT molecular complexity index is 198. The van der Waals surface area contributed by atoms with E-state index in [-0.39, 0.29) is 0 Å². The zero-order chi connectivity index (χ0) is 10.2. The van der Waals surface area contributed by atoms with Gasteiger partial charge in [0.25, 0.3) is 0 Å². The maximum absolute atomic E-state index is 12.1. The van der Waals surface area contributed by atoms with Gasteiger partial charge >= 0.3 is 16.8 Å². The average molecular weight is 261 g/mol. The number of rotatable bonds is 1. The molecule has 1 atom stereocenters. The van der Waals surface area contributed by atoms with Crippen LogP contribution in [0.4, 0.5) is 30.7 Å². The van der Waals surface area contributed by atoms with E-state index in [0.29, 0.717) is 0 Å². The summed E-state index contributed by atoms with van der Waals surface area (Å²) in [7, 11) is 0. The molecule has 8 heteroatoms. The van der Waals surface area contributed by atoms with Gasteiger partial charge in [-0.1, -0.05) is 0 Å². The standard InChI is InChI=1S/C4BrF7/c5-3(9,4(10,11)12)1(6)2(7)8. The largest absolute Gasteiger partial charge is 0.439 e. The maximum atomic E-state index is 12.1. The van der Waals surface area contributed by atoms with E-state index >= 15 is 0 Å². The first-order chi connectivity index (χ1) is 5.10. The summed E-state index contributed by atoms with van der Waals surface area (Å²) in [5, 5.41) is 0. The highest BCUT2D eigenvalue weighted by Gasteiger charge is 2.59. The van der Waals surface area contributed by atoms with Crippen molar-refractivity contribution in [3.8, 4) is 0 Å². The van der Waals surface area contributed by atoms with Crippen LogP contribution in [0.1, 0.15) is 0 Å². The molecule has 0 aromatic heterocycles. The summed E-state index contributed by atoms with van der Waals surface area (Å²) >= 11 is 1.16. The average Bonchev–Trinajstić information content (AvgIpc) is 1.83. The fraction of sp³-hybridized carbons (Fsp3) is 0.500. The topological polar surface area (TPSA) is 0 Å². The summed E-state index contributed by atoms with van der Waals surface area (Å²) in [5.41, 5.74) is 0. The first-order valence-corrected chi connectivity index (χ1v) is 3.05. The Morgan fingerprint density at radius 1 is 0.917 bits per heavy atom. The molecule has 0 saturated carbocycles. The third-order valence-corrected chi connectivity index (χ3v) is 1.60. The molecule has 0 spiro atoms. The van der Waals surface area contributed by atoms with Crippen molar-refractivity contribution in [1.29, 1.82) is 0 Å². The minimum atomic E-state index is -5.76. The first-order valence-electron chi connectivity index (χ1n) is 2.26. The Balaban J connectivity index is 5.01. The van der Waals surface area contributed by atoms with Crippen LogP contribution < -0.4 is 0 Å². The molecule has 0 radical (unpaired) electrons. The van der Waals surface area contributed by atoms with Gasteiger partial charge in [-0.05, 0) is 15.9 Å². The Morgan fingerprint density at radius 3 is 1.33 bits per heavy atom. The van der Waals surface area contributed by atoms with Crippen LogP contribution in [0.3, 0.4) is 0 Å². The summed E-state index contributed by atoms with van der Waals surface area (Å²) in [4.78, 5) is 0. The van der Waals surface area contributed by atoms with Crippen molar-refractivity contribution in [2.75, 3.05) is 0 Å². The lowest BCUT2D eigenvalue weighted by molar-refractivity contribution is -0.185. The molecule has 0 fully saturated rings. The van der Waals surface area contributed by atoms with Crippen molar-refractivity contribution in [3.63, 3.8) is 0 Å². The zero-order valence-corrected chi connectivity index (χ0v) is 6.61. The summed E-state index contributed by atoms with van der Waals surface area (Å²) in [6, 6.07) is 0. The Labute approximate surface area is 70.2 Å². The number of alkyl halides is 5. The van der Waals surface area contributed by atoms with Crippen LogP contribution in [0.25, 0.3) is 0 Å². The minimum Gasteiger partial charge on any atom is -0.213 e. The molecule has 0 nitrogen and oxygen atoms in total. The van der Waals surface area contributed by atoms with Crippen LogP contribution in [-0.4, -0.2) is 10.8 Å². The number of allylic oxidation sites excluding steroid dienone is 1. The molecule has 1 unspecified atom stereocenters. The smallest absolute Gasteiger partial charge is 0.213 e. The lowest BCUT2D eigenvalue weighted by Crippen LogP contribution is -2.35. The van der Waals surface area contributed by atoms with E-state index in [2.05, 4.69) is 0 Å². The molecule has 0 aromatic carbocycles. The van der Waals surface area contributed by atoms with Crippen molar-refractivity contribution in [3.05, 3.63) is 11.9 Å². The zero-order valence-electron chi connectivity index (χ0n) is 5.02. The summed E-state index contributed by atoms with van der Waals surface area (Å²) in [6.45, 7) is 0. The normalized spacial score (nSPS) is 17.0. The van der Waals surface area contributed by atoms with Gasteiger partial charge in [-0.15, -0.1) is 0 Å². The van der Waals surface area contributed by atoms with Crippen molar-refractivity contribution < 1.29 is 30.7 Å². The SMILES string of the molecule is FC(F)=C(F)C(F)(Br)C(F)(F)F. The molecule has 0 amide bonds. The number of halogens is 8. The number of hydrogen-bond acceptors (Lipinski definition) is 0. The highest BCUT2D eigenvalue weighted by atomic mass is 79.9. The number of hydrogen-bond donors (Lipinski definition) is 0. The highest BCUT2D eigenvalue weighted by Crippen LogP contribution is 2.46. The van der Waals surface area contributed by atoms with Crippen LogP contribution >= 0.6 is 15.9 Å². The van der Waals surface area contributed by atoms with E-state index in [1.54, 1.807) is 0 Å². The van der Waals surface area contributed by atoms with E-state index in [9.17, 15) is 30.7 Å². The van der Waals surface area contributed by atoms with Gasteiger partial charge in [0.15, 0.2) is 0 Å². The second-order valence-electron chi connectivity index (χ2n) is 1.65. The molecule has 0 N–H and O–H groups in total. The van der Waals surface area contributed by atoms with Gasteiger partial charge in [0.1, 0.15) is 0 Å². The third-order valence-electron chi connectivity index (χ3n) is 0.798. The van der Waals surface area contributed by atoms with E-state index in [1.165, 1.54) is 0 Å². The van der Waals surface area contributed by atoms with Gasteiger partial charge in [-0.25, -0.2) is 8.78 Å². The highest BCUT2D eigenvalue weighted by molar-refractivity contribution is 9.10. The summed E-state index contributed by atoms with van der Waals surface area (Å²) in [6.07, 6.45) is -9.12. The molecule has 0 aliphatic carbocycles. The van der Waals surface area contributed by atoms with Crippen LogP contribution in [0.15, 0.2) is 11.9 Å². The van der Waals surface area contributed by atoms with Gasteiger partial charge < -0.3 is 0 Å². The Kier molecular flexibility index (Phi) is 3.16.